The van der Waals surface area contributed by atoms with Gasteiger partial charge in [0.2, 0.25) is 0 Å². The molecule has 0 aliphatic carbocycles. The number of carbonyl (C=O) groups is 2. The molecule has 1 aliphatic heterocycles. The van der Waals surface area contributed by atoms with E-state index >= 15 is 0 Å². The Balaban J connectivity index is 1.60. The van der Waals surface area contributed by atoms with Crippen molar-refractivity contribution in [3.63, 3.8) is 0 Å². The molecule has 1 aliphatic rings. The second kappa shape index (κ2) is 7.65. The van der Waals surface area contributed by atoms with Gasteiger partial charge in [0, 0.05) is 0 Å². The molecule has 6 nitrogen and oxygen atoms in total. The molecule has 0 unspecified atom stereocenters. The fourth-order valence-electron chi connectivity index (χ4n) is 3.94. The summed E-state index contributed by atoms with van der Waals surface area (Å²) in [5, 5.41) is 0. The maximum Gasteiger partial charge on any atom is 0.262 e. The van der Waals surface area contributed by atoms with E-state index in [1.54, 1.807) is 37.6 Å². The molecule has 0 bridgehead atoms. The van der Waals surface area contributed by atoms with Crippen molar-refractivity contribution in [3.05, 3.63) is 101 Å². The predicted octanol–water partition coefficient (Wildman–Crippen LogP) is 4.22. The number of imide groups is 1. The molecule has 1 atom stereocenters. The Hall–Kier alpha value is -4.06. The van der Waals surface area contributed by atoms with E-state index in [9.17, 15) is 9.59 Å². The largest absolute Gasteiger partial charge is 0.497 e. The average molecular weight is 409 g/mol. The molecule has 1 aromatic heterocycles. The van der Waals surface area contributed by atoms with E-state index in [1.807, 2.05) is 48.5 Å². The van der Waals surface area contributed by atoms with Crippen LogP contribution in [0.4, 0.5) is 0 Å². The second-order valence-corrected chi connectivity index (χ2v) is 7.38. The van der Waals surface area contributed by atoms with E-state index in [0.29, 0.717) is 23.2 Å². The summed E-state index contributed by atoms with van der Waals surface area (Å²) >= 11 is 0. The molecule has 6 heteroatoms. The summed E-state index contributed by atoms with van der Waals surface area (Å²) in [6, 6.07) is 21.4. The third kappa shape index (κ3) is 3.32. The lowest BCUT2D eigenvalue weighted by molar-refractivity contribution is 0.0578. The molecule has 0 spiro atoms. The molecule has 3 aromatic carbocycles. The van der Waals surface area contributed by atoms with Gasteiger partial charge >= 0.3 is 0 Å². The molecule has 5 rings (SSSR count). The number of benzene rings is 3. The maximum absolute atomic E-state index is 13.2. The number of fused-ring (bicyclic) bond motifs is 2. The molecule has 0 radical (unpaired) electrons. The van der Waals surface area contributed by atoms with Crippen LogP contribution in [0.25, 0.3) is 11.0 Å². The third-order valence-corrected chi connectivity index (χ3v) is 5.53. The van der Waals surface area contributed by atoms with Crippen molar-refractivity contribution in [2.45, 2.75) is 12.5 Å². The topological polar surface area (TPSA) is 72.4 Å². The Labute approximate surface area is 179 Å². The van der Waals surface area contributed by atoms with E-state index in [4.69, 9.17) is 9.72 Å². The molecule has 31 heavy (non-hydrogen) atoms. The molecule has 0 saturated heterocycles. The predicted molar refractivity (Wildman–Crippen MR) is 116 cm³/mol. The van der Waals surface area contributed by atoms with Crippen LogP contribution >= 0.6 is 0 Å². The second-order valence-electron chi connectivity index (χ2n) is 7.38. The number of hydrogen-bond acceptors (Lipinski definition) is 5. The van der Waals surface area contributed by atoms with Crippen molar-refractivity contribution in [3.8, 4) is 5.75 Å². The van der Waals surface area contributed by atoms with Gasteiger partial charge in [-0.05, 0) is 48.4 Å². The molecule has 0 N–H and O–H groups in total. The summed E-state index contributed by atoms with van der Waals surface area (Å²) in [6.45, 7) is 0. The summed E-state index contributed by atoms with van der Waals surface area (Å²) in [5.74, 6) is 0.120. The minimum atomic E-state index is -0.585. The standard InChI is InChI=1S/C25H19N3O3/c1-31-17-12-10-16(11-13-17)14-23(22-15-26-20-8-4-5-9-21(20)27-22)28-24(29)18-6-2-3-7-19(18)25(28)30/h2-13,15,23H,14H2,1H3/t23-/m0/s1. The molecule has 4 aromatic rings. The zero-order chi connectivity index (χ0) is 21.4. The lowest BCUT2D eigenvalue weighted by atomic mass is 10.0. The Kier molecular flexibility index (Phi) is 4.67. The van der Waals surface area contributed by atoms with Crippen molar-refractivity contribution < 1.29 is 14.3 Å². The van der Waals surface area contributed by atoms with Crippen LogP contribution in [0, 0.1) is 0 Å². The van der Waals surface area contributed by atoms with Crippen molar-refractivity contribution in [2.24, 2.45) is 0 Å². The Morgan fingerprint density at radius 3 is 2.10 bits per heavy atom. The number of rotatable bonds is 5. The normalized spacial score (nSPS) is 14.0. The molecule has 152 valence electrons. The average Bonchev–Trinajstić information content (AvgIpc) is 3.08. The Morgan fingerprint density at radius 1 is 0.839 bits per heavy atom. The molecular weight excluding hydrogens is 390 g/mol. The SMILES string of the molecule is COc1ccc(C[C@@H](c2cnc3ccccc3n2)N2C(=O)c3ccccc3C2=O)cc1. The van der Waals surface area contributed by atoms with Crippen LogP contribution in [0.2, 0.25) is 0 Å². The number of para-hydroxylation sites is 2. The van der Waals surface area contributed by atoms with Gasteiger partial charge in [0.05, 0.1) is 47.2 Å². The Bertz CT molecular complexity index is 1270. The van der Waals surface area contributed by atoms with E-state index < -0.39 is 6.04 Å². The number of ether oxygens (including phenoxy) is 1. The van der Waals surface area contributed by atoms with Crippen LogP contribution in [0.3, 0.4) is 0 Å². The Morgan fingerprint density at radius 2 is 1.45 bits per heavy atom. The highest BCUT2D eigenvalue weighted by atomic mass is 16.5. The van der Waals surface area contributed by atoms with E-state index in [2.05, 4.69) is 4.98 Å². The lowest BCUT2D eigenvalue weighted by Gasteiger charge is -2.26. The fourth-order valence-corrected chi connectivity index (χ4v) is 3.94. The number of carbonyl (C=O) groups excluding carboxylic acids is 2. The first-order valence-electron chi connectivity index (χ1n) is 9.97. The number of hydrogen-bond donors (Lipinski definition) is 0. The van der Waals surface area contributed by atoms with Crippen molar-refractivity contribution >= 4 is 22.8 Å². The summed E-state index contributed by atoms with van der Waals surface area (Å²) < 4.78 is 5.24. The lowest BCUT2D eigenvalue weighted by Crippen LogP contribution is -2.36. The van der Waals surface area contributed by atoms with Gasteiger partial charge < -0.3 is 4.74 Å². The van der Waals surface area contributed by atoms with Crippen molar-refractivity contribution in [1.29, 1.82) is 0 Å². The quantitative estimate of drug-likeness (QED) is 0.462. The summed E-state index contributed by atoms with van der Waals surface area (Å²) in [5.41, 5.74) is 3.84. The molecule has 0 fully saturated rings. The van der Waals surface area contributed by atoms with Gasteiger partial charge in [0.25, 0.3) is 11.8 Å². The van der Waals surface area contributed by atoms with E-state index in [1.165, 1.54) is 4.90 Å². The van der Waals surface area contributed by atoms with Gasteiger partial charge in [-0.1, -0.05) is 36.4 Å². The number of amides is 2. The first-order chi connectivity index (χ1) is 15.2. The van der Waals surface area contributed by atoms with Gasteiger partial charge in [0.1, 0.15) is 5.75 Å². The van der Waals surface area contributed by atoms with Crippen LogP contribution in [0.5, 0.6) is 5.75 Å². The van der Waals surface area contributed by atoms with Gasteiger partial charge in [0.15, 0.2) is 0 Å². The summed E-state index contributed by atoms with van der Waals surface area (Å²) in [6.07, 6.45) is 2.07. The van der Waals surface area contributed by atoms with Crippen molar-refractivity contribution in [2.75, 3.05) is 7.11 Å². The highest BCUT2D eigenvalue weighted by Gasteiger charge is 2.41. The summed E-state index contributed by atoms with van der Waals surface area (Å²) in [7, 11) is 1.61. The zero-order valence-electron chi connectivity index (χ0n) is 16.9. The first-order valence-corrected chi connectivity index (χ1v) is 9.97. The summed E-state index contributed by atoms with van der Waals surface area (Å²) in [4.78, 5) is 37.0. The molecule has 0 saturated carbocycles. The molecule has 2 amide bonds. The molecular formula is C25H19N3O3. The fraction of sp³-hybridized carbons (Fsp3) is 0.120. The first kappa shape index (κ1) is 18.9. The number of aromatic nitrogens is 2. The van der Waals surface area contributed by atoms with Crippen molar-refractivity contribution in [1.82, 2.24) is 14.9 Å². The van der Waals surface area contributed by atoms with Gasteiger partial charge in [-0.3, -0.25) is 19.5 Å². The highest BCUT2D eigenvalue weighted by Crippen LogP contribution is 2.33. The van der Waals surface area contributed by atoms with Crippen LogP contribution in [-0.2, 0) is 6.42 Å². The van der Waals surface area contributed by atoms with Gasteiger partial charge in [-0.15, -0.1) is 0 Å². The number of nitrogens with zero attached hydrogens (tertiary/aromatic N) is 3. The van der Waals surface area contributed by atoms with Crippen LogP contribution in [0.1, 0.15) is 38.0 Å². The smallest absolute Gasteiger partial charge is 0.262 e. The maximum atomic E-state index is 13.2. The number of methoxy groups -OCH3 is 1. The zero-order valence-corrected chi connectivity index (χ0v) is 16.9. The van der Waals surface area contributed by atoms with Gasteiger partial charge in [-0.25, -0.2) is 4.98 Å². The third-order valence-electron chi connectivity index (χ3n) is 5.53. The minimum Gasteiger partial charge on any atom is -0.497 e. The van der Waals surface area contributed by atoms with Gasteiger partial charge in [-0.2, -0.15) is 0 Å². The monoisotopic (exact) mass is 409 g/mol. The van der Waals surface area contributed by atoms with E-state index in [-0.39, 0.29) is 11.8 Å². The minimum absolute atomic E-state index is 0.311. The molecule has 2 heterocycles. The van der Waals surface area contributed by atoms with Crippen LogP contribution < -0.4 is 4.74 Å². The van der Waals surface area contributed by atoms with Crippen LogP contribution in [0.15, 0.2) is 79.0 Å². The highest BCUT2D eigenvalue weighted by molar-refractivity contribution is 6.21. The van der Waals surface area contributed by atoms with Crippen LogP contribution in [-0.4, -0.2) is 33.8 Å². The van der Waals surface area contributed by atoms with E-state index in [0.717, 1.165) is 22.3 Å².